The van der Waals surface area contributed by atoms with Crippen molar-refractivity contribution in [2.45, 2.75) is 32.7 Å². The Morgan fingerprint density at radius 3 is 2.58 bits per heavy atom. The summed E-state index contributed by atoms with van der Waals surface area (Å²) >= 11 is 0. The van der Waals surface area contributed by atoms with Crippen molar-refractivity contribution < 1.29 is 19.1 Å². The molecule has 0 spiro atoms. The number of hydrogen-bond donors (Lipinski definition) is 2. The molecule has 6 nitrogen and oxygen atoms in total. The van der Waals surface area contributed by atoms with E-state index in [1.54, 1.807) is 6.92 Å². The Labute approximate surface area is 152 Å². The van der Waals surface area contributed by atoms with Crippen LogP contribution in [-0.2, 0) is 25.5 Å². The Bertz CT molecular complexity index is 783. The van der Waals surface area contributed by atoms with E-state index in [1.165, 1.54) is 0 Å². The number of hydrogen-bond acceptors (Lipinski definition) is 4. The third-order valence-corrected chi connectivity index (χ3v) is 3.90. The van der Waals surface area contributed by atoms with Gasteiger partial charge in [0, 0.05) is 6.54 Å². The van der Waals surface area contributed by atoms with Crippen LogP contribution >= 0.6 is 0 Å². The van der Waals surface area contributed by atoms with Crippen LogP contribution in [-0.4, -0.2) is 37.0 Å². The van der Waals surface area contributed by atoms with Crippen molar-refractivity contribution in [3.63, 3.8) is 0 Å². The minimum Gasteiger partial charge on any atom is -0.455 e. The van der Waals surface area contributed by atoms with Crippen LogP contribution in [0.15, 0.2) is 42.5 Å². The van der Waals surface area contributed by atoms with E-state index in [4.69, 9.17) is 4.74 Å². The summed E-state index contributed by atoms with van der Waals surface area (Å²) in [5.74, 6) is -1.25. The second-order valence-electron chi connectivity index (χ2n) is 6.06. The van der Waals surface area contributed by atoms with Gasteiger partial charge in [0.15, 0.2) is 6.61 Å². The van der Waals surface area contributed by atoms with Crippen LogP contribution in [0.25, 0.3) is 10.8 Å². The maximum atomic E-state index is 12.0. The minimum atomic E-state index is -0.675. The molecule has 6 heteroatoms. The van der Waals surface area contributed by atoms with Gasteiger partial charge >= 0.3 is 5.97 Å². The molecular formula is C20H24N2O4. The van der Waals surface area contributed by atoms with E-state index >= 15 is 0 Å². The maximum absolute atomic E-state index is 12.0. The highest BCUT2D eigenvalue weighted by Crippen LogP contribution is 2.19. The Balaban J connectivity index is 1.83. The number of amides is 2. The summed E-state index contributed by atoms with van der Waals surface area (Å²) in [6.07, 6.45) is 0.902. The van der Waals surface area contributed by atoms with Crippen molar-refractivity contribution in [1.29, 1.82) is 0 Å². The van der Waals surface area contributed by atoms with Crippen LogP contribution in [0.1, 0.15) is 25.8 Å². The van der Waals surface area contributed by atoms with Gasteiger partial charge in [-0.2, -0.15) is 0 Å². The predicted molar refractivity (Wildman–Crippen MR) is 99.5 cm³/mol. The molecule has 2 amide bonds. The number of rotatable bonds is 8. The van der Waals surface area contributed by atoms with Gasteiger partial charge in [-0.1, -0.05) is 49.4 Å². The van der Waals surface area contributed by atoms with Crippen molar-refractivity contribution in [3.05, 3.63) is 48.0 Å². The Hall–Kier alpha value is -2.89. The second-order valence-corrected chi connectivity index (χ2v) is 6.06. The fraction of sp³-hybridized carbons (Fsp3) is 0.350. The summed E-state index contributed by atoms with van der Waals surface area (Å²) in [4.78, 5) is 35.6. The van der Waals surface area contributed by atoms with Gasteiger partial charge in [-0.25, -0.2) is 0 Å². The predicted octanol–water partition coefficient (Wildman–Crippen LogP) is 1.96. The molecule has 2 aromatic rings. The van der Waals surface area contributed by atoms with E-state index in [1.807, 2.05) is 49.4 Å². The van der Waals surface area contributed by atoms with Crippen molar-refractivity contribution in [1.82, 2.24) is 10.6 Å². The molecule has 0 saturated carbocycles. The number of benzene rings is 2. The fourth-order valence-electron chi connectivity index (χ4n) is 2.55. The zero-order valence-electron chi connectivity index (χ0n) is 15.1. The van der Waals surface area contributed by atoms with Crippen LogP contribution in [0.2, 0.25) is 0 Å². The summed E-state index contributed by atoms with van der Waals surface area (Å²) in [6, 6.07) is 12.8. The number of esters is 1. The smallest absolute Gasteiger partial charge is 0.310 e. The molecule has 0 unspecified atom stereocenters. The molecule has 0 aromatic heterocycles. The van der Waals surface area contributed by atoms with Gasteiger partial charge in [0.2, 0.25) is 5.91 Å². The second kappa shape index (κ2) is 9.56. The van der Waals surface area contributed by atoms with Gasteiger partial charge in [0.1, 0.15) is 6.04 Å². The number of carbonyl (C=O) groups is 3. The summed E-state index contributed by atoms with van der Waals surface area (Å²) in [7, 11) is 0. The van der Waals surface area contributed by atoms with E-state index < -0.39 is 24.5 Å². The third kappa shape index (κ3) is 5.58. The van der Waals surface area contributed by atoms with Gasteiger partial charge in [0.25, 0.3) is 5.91 Å². The molecule has 0 fully saturated rings. The lowest BCUT2D eigenvalue weighted by atomic mass is 10.0. The maximum Gasteiger partial charge on any atom is 0.310 e. The molecule has 1 atom stereocenters. The molecule has 138 valence electrons. The first-order valence-electron chi connectivity index (χ1n) is 8.70. The first kappa shape index (κ1) is 19.4. The molecule has 2 rings (SSSR count). The van der Waals surface area contributed by atoms with Gasteiger partial charge in [-0.15, -0.1) is 0 Å². The van der Waals surface area contributed by atoms with Crippen molar-refractivity contribution in [2.24, 2.45) is 0 Å². The first-order chi connectivity index (χ1) is 12.5. The van der Waals surface area contributed by atoms with Crippen LogP contribution in [0.4, 0.5) is 0 Å². The van der Waals surface area contributed by atoms with E-state index in [0.717, 1.165) is 22.8 Å². The number of nitrogens with one attached hydrogen (secondary N) is 2. The normalized spacial score (nSPS) is 11.6. The molecule has 0 bridgehead atoms. The molecule has 26 heavy (non-hydrogen) atoms. The zero-order valence-corrected chi connectivity index (χ0v) is 15.1. The lowest BCUT2D eigenvalue weighted by Gasteiger charge is -2.14. The Kier molecular flexibility index (Phi) is 7.14. The lowest BCUT2D eigenvalue weighted by molar-refractivity contribution is -0.148. The third-order valence-electron chi connectivity index (χ3n) is 3.90. The monoisotopic (exact) mass is 356 g/mol. The standard InChI is InChI=1S/C20H24N2O4/c1-3-11-21-20(25)14(2)22-18(23)13-26-19(24)12-16-9-6-8-15-7-4-5-10-17(15)16/h4-10,14H,3,11-13H2,1-2H3,(H,21,25)(H,22,23)/t14-/m0/s1. The molecule has 2 N–H and O–H groups in total. The topological polar surface area (TPSA) is 84.5 Å². The summed E-state index contributed by atoms with van der Waals surface area (Å²) in [6.45, 7) is 3.67. The van der Waals surface area contributed by atoms with E-state index in [9.17, 15) is 14.4 Å². The summed E-state index contributed by atoms with van der Waals surface area (Å²) < 4.78 is 5.04. The molecule has 0 aliphatic heterocycles. The van der Waals surface area contributed by atoms with Gasteiger partial charge in [0.05, 0.1) is 6.42 Å². The number of ether oxygens (including phenoxy) is 1. The number of carbonyl (C=O) groups excluding carboxylic acids is 3. The fourth-order valence-corrected chi connectivity index (χ4v) is 2.55. The summed E-state index contributed by atoms with van der Waals surface area (Å²) in [5.41, 5.74) is 0.848. The van der Waals surface area contributed by atoms with Crippen molar-refractivity contribution >= 4 is 28.6 Å². The molecule has 0 aliphatic carbocycles. The highest BCUT2D eigenvalue weighted by atomic mass is 16.5. The molecule has 0 heterocycles. The average Bonchev–Trinajstić information content (AvgIpc) is 2.64. The number of fused-ring (bicyclic) bond motifs is 1. The van der Waals surface area contributed by atoms with Crippen LogP contribution in [0.3, 0.4) is 0 Å². The van der Waals surface area contributed by atoms with Crippen molar-refractivity contribution in [2.75, 3.05) is 13.2 Å². The van der Waals surface area contributed by atoms with E-state index in [2.05, 4.69) is 10.6 Å². The lowest BCUT2D eigenvalue weighted by Crippen LogP contribution is -2.46. The average molecular weight is 356 g/mol. The molecule has 0 aliphatic rings. The first-order valence-corrected chi connectivity index (χ1v) is 8.70. The zero-order chi connectivity index (χ0) is 18.9. The SMILES string of the molecule is CCCNC(=O)[C@H](C)NC(=O)COC(=O)Cc1cccc2ccccc12. The summed E-state index contributed by atoms with van der Waals surface area (Å²) in [5, 5.41) is 7.23. The highest BCUT2D eigenvalue weighted by Gasteiger charge is 2.16. The Morgan fingerprint density at radius 1 is 1.08 bits per heavy atom. The van der Waals surface area contributed by atoms with Crippen LogP contribution in [0.5, 0.6) is 0 Å². The molecular weight excluding hydrogens is 332 g/mol. The quantitative estimate of drug-likeness (QED) is 0.708. The molecule has 0 radical (unpaired) electrons. The Morgan fingerprint density at radius 2 is 1.81 bits per heavy atom. The van der Waals surface area contributed by atoms with Gasteiger partial charge < -0.3 is 15.4 Å². The molecule has 0 saturated heterocycles. The van der Waals surface area contributed by atoms with Crippen LogP contribution in [0, 0.1) is 0 Å². The highest BCUT2D eigenvalue weighted by molar-refractivity contribution is 5.90. The van der Waals surface area contributed by atoms with E-state index in [-0.39, 0.29) is 12.3 Å². The molecule has 2 aromatic carbocycles. The van der Waals surface area contributed by atoms with Gasteiger partial charge in [-0.3, -0.25) is 14.4 Å². The minimum absolute atomic E-state index is 0.0845. The van der Waals surface area contributed by atoms with Crippen LogP contribution < -0.4 is 10.6 Å². The van der Waals surface area contributed by atoms with Gasteiger partial charge in [-0.05, 0) is 29.7 Å². The largest absolute Gasteiger partial charge is 0.455 e. The van der Waals surface area contributed by atoms with Crippen molar-refractivity contribution in [3.8, 4) is 0 Å². The van der Waals surface area contributed by atoms with E-state index in [0.29, 0.717) is 6.54 Å².